The number of aromatic nitrogens is 3. The molecule has 6 aromatic rings. The van der Waals surface area contributed by atoms with Gasteiger partial charge in [0.25, 0.3) is 0 Å². The zero-order chi connectivity index (χ0) is 17.1. The monoisotopic (exact) mass is 331 g/mol. The Bertz CT molecular complexity index is 1490. The van der Waals surface area contributed by atoms with Crippen LogP contribution < -0.4 is 0 Å². The lowest BCUT2D eigenvalue weighted by Crippen LogP contribution is -1.91. The maximum absolute atomic E-state index is 5.04. The molecule has 0 amide bonds. The van der Waals surface area contributed by atoms with Gasteiger partial charge in [0.15, 0.2) is 0 Å². The summed E-state index contributed by atoms with van der Waals surface area (Å²) in [7, 11) is 0. The Morgan fingerprint density at radius 2 is 1.23 bits per heavy atom. The van der Waals surface area contributed by atoms with Gasteiger partial charge >= 0.3 is 0 Å². The Morgan fingerprint density at radius 3 is 2.12 bits per heavy atom. The van der Waals surface area contributed by atoms with Gasteiger partial charge in [-0.05, 0) is 41.1 Å². The fourth-order valence-corrected chi connectivity index (χ4v) is 3.93. The van der Waals surface area contributed by atoms with Crippen LogP contribution in [0.2, 0.25) is 0 Å². The molecule has 26 heavy (non-hydrogen) atoms. The number of hydrogen-bond donors (Lipinski definition) is 0. The summed E-state index contributed by atoms with van der Waals surface area (Å²) in [6.07, 6.45) is 3.64. The number of nitrogens with zero attached hydrogens (tertiary/aromatic N) is 3. The van der Waals surface area contributed by atoms with E-state index in [1.54, 1.807) is 0 Å². The molecular formula is C23H13N3. The Morgan fingerprint density at radius 1 is 0.500 bits per heavy atom. The van der Waals surface area contributed by atoms with Gasteiger partial charge in [-0.1, -0.05) is 36.4 Å². The zero-order valence-corrected chi connectivity index (χ0v) is 13.8. The molecule has 3 heterocycles. The van der Waals surface area contributed by atoms with Gasteiger partial charge < -0.3 is 0 Å². The molecule has 0 unspecified atom stereocenters. The van der Waals surface area contributed by atoms with Crippen molar-refractivity contribution < 1.29 is 0 Å². The summed E-state index contributed by atoms with van der Waals surface area (Å²) in [6, 6.07) is 23.1. The maximum Gasteiger partial charge on any atom is 0.0986 e. The normalized spacial score (nSPS) is 11.8. The molecule has 3 aromatic carbocycles. The molecule has 0 N–H and O–H groups in total. The summed E-state index contributed by atoms with van der Waals surface area (Å²) >= 11 is 0. The van der Waals surface area contributed by atoms with E-state index < -0.39 is 0 Å². The molecule has 0 aliphatic carbocycles. The molecule has 0 spiro atoms. The Labute approximate surface area is 148 Å². The predicted octanol–water partition coefficient (Wildman–Crippen LogP) is 5.64. The molecule has 120 valence electrons. The highest BCUT2D eigenvalue weighted by Gasteiger charge is 2.13. The van der Waals surface area contributed by atoms with Crippen LogP contribution in [0.5, 0.6) is 0 Å². The molecule has 0 saturated heterocycles. The minimum absolute atomic E-state index is 0.906. The van der Waals surface area contributed by atoms with Crippen LogP contribution in [0.3, 0.4) is 0 Å². The average molecular weight is 331 g/mol. The van der Waals surface area contributed by atoms with Crippen LogP contribution in [0.4, 0.5) is 0 Å². The fourth-order valence-electron chi connectivity index (χ4n) is 3.93. The highest BCUT2D eigenvalue weighted by atomic mass is 14.8. The molecule has 0 atom stereocenters. The zero-order valence-electron chi connectivity index (χ0n) is 13.8. The van der Waals surface area contributed by atoms with Crippen LogP contribution in [-0.2, 0) is 0 Å². The smallest absolute Gasteiger partial charge is 0.0986 e. The molecular weight excluding hydrogens is 318 g/mol. The summed E-state index contributed by atoms with van der Waals surface area (Å²) in [5.41, 5.74) is 3.82. The van der Waals surface area contributed by atoms with Crippen molar-refractivity contribution in [1.29, 1.82) is 0 Å². The molecule has 3 heteroatoms. The first kappa shape index (κ1) is 13.7. The van der Waals surface area contributed by atoms with E-state index in [-0.39, 0.29) is 0 Å². The van der Waals surface area contributed by atoms with Crippen molar-refractivity contribution in [2.45, 2.75) is 0 Å². The number of rotatable bonds is 0. The van der Waals surface area contributed by atoms with Crippen molar-refractivity contribution in [2.24, 2.45) is 0 Å². The minimum atomic E-state index is 0.906. The maximum atomic E-state index is 5.04. The van der Waals surface area contributed by atoms with E-state index in [1.807, 2.05) is 24.5 Å². The summed E-state index contributed by atoms with van der Waals surface area (Å²) in [4.78, 5) is 14.2. The molecule has 0 aliphatic rings. The van der Waals surface area contributed by atoms with E-state index in [2.05, 4.69) is 64.6 Å². The van der Waals surface area contributed by atoms with E-state index in [4.69, 9.17) is 4.98 Å². The van der Waals surface area contributed by atoms with Crippen LogP contribution in [0.15, 0.2) is 79.1 Å². The van der Waals surface area contributed by atoms with Gasteiger partial charge in [0, 0.05) is 33.9 Å². The first-order valence-electron chi connectivity index (χ1n) is 8.64. The molecule has 3 aromatic heterocycles. The highest BCUT2D eigenvalue weighted by molar-refractivity contribution is 6.24. The number of benzene rings is 3. The molecule has 0 fully saturated rings. The van der Waals surface area contributed by atoms with E-state index in [0.29, 0.717) is 0 Å². The van der Waals surface area contributed by atoms with Crippen molar-refractivity contribution in [3.63, 3.8) is 0 Å². The van der Waals surface area contributed by atoms with Gasteiger partial charge in [0.05, 0.1) is 22.1 Å². The molecule has 0 aliphatic heterocycles. The van der Waals surface area contributed by atoms with Gasteiger partial charge in [0.2, 0.25) is 0 Å². The van der Waals surface area contributed by atoms with Crippen LogP contribution in [0, 0.1) is 0 Å². The Kier molecular flexibility index (Phi) is 2.61. The largest absolute Gasteiger partial charge is 0.254 e. The van der Waals surface area contributed by atoms with Gasteiger partial charge in [-0.2, -0.15) is 0 Å². The summed E-state index contributed by atoms with van der Waals surface area (Å²) in [5, 5.41) is 6.88. The first-order chi connectivity index (χ1) is 12.9. The van der Waals surface area contributed by atoms with Crippen LogP contribution in [0.25, 0.3) is 54.4 Å². The van der Waals surface area contributed by atoms with Crippen molar-refractivity contribution in [2.75, 3.05) is 0 Å². The van der Waals surface area contributed by atoms with Gasteiger partial charge in [-0.15, -0.1) is 0 Å². The van der Waals surface area contributed by atoms with Crippen molar-refractivity contribution in [3.05, 3.63) is 79.1 Å². The van der Waals surface area contributed by atoms with E-state index in [0.717, 1.165) is 38.2 Å². The van der Waals surface area contributed by atoms with Crippen LogP contribution >= 0.6 is 0 Å². The van der Waals surface area contributed by atoms with Crippen LogP contribution in [0.1, 0.15) is 0 Å². The number of pyridine rings is 3. The standard InChI is InChI=1S/C23H13N3/c1-2-6-15-14(5-1)9-10-20-18(15)13-19-16-7-3-11-24-22(16)23-17(21(19)26-20)8-4-12-25-23/h1-13H. The second-order valence-corrected chi connectivity index (χ2v) is 6.54. The summed E-state index contributed by atoms with van der Waals surface area (Å²) < 4.78 is 0. The van der Waals surface area contributed by atoms with Gasteiger partial charge in [-0.3, -0.25) is 9.97 Å². The van der Waals surface area contributed by atoms with Gasteiger partial charge in [-0.25, -0.2) is 4.98 Å². The third kappa shape index (κ3) is 1.74. The van der Waals surface area contributed by atoms with Gasteiger partial charge in [0.1, 0.15) is 0 Å². The lowest BCUT2D eigenvalue weighted by Gasteiger charge is -2.10. The van der Waals surface area contributed by atoms with Crippen LogP contribution in [-0.4, -0.2) is 15.0 Å². The first-order valence-corrected chi connectivity index (χ1v) is 8.64. The van der Waals surface area contributed by atoms with E-state index >= 15 is 0 Å². The minimum Gasteiger partial charge on any atom is -0.254 e. The van der Waals surface area contributed by atoms with Crippen molar-refractivity contribution in [3.8, 4) is 0 Å². The van der Waals surface area contributed by atoms with E-state index in [9.17, 15) is 0 Å². The Hall–Kier alpha value is -3.59. The molecule has 6 rings (SSSR count). The Balaban J connectivity index is 1.95. The second kappa shape index (κ2) is 4.96. The number of fused-ring (bicyclic) bond motifs is 9. The molecule has 0 radical (unpaired) electrons. The average Bonchev–Trinajstić information content (AvgIpc) is 2.73. The lowest BCUT2D eigenvalue weighted by molar-refractivity contribution is 1.37. The topological polar surface area (TPSA) is 38.7 Å². The molecule has 0 saturated carbocycles. The lowest BCUT2D eigenvalue weighted by atomic mass is 9.99. The summed E-state index contributed by atoms with van der Waals surface area (Å²) in [5.74, 6) is 0. The van der Waals surface area contributed by atoms with Crippen molar-refractivity contribution >= 4 is 54.4 Å². The van der Waals surface area contributed by atoms with E-state index in [1.165, 1.54) is 16.2 Å². The highest BCUT2D eigenvalue weighted by Crippen LogP contribution is 2.35. The third-order valence-corrected chi connectivity index (χ3v) is 5.11. The third-order valence-electron chi connectivity index (χ3n) is 5.11. The molecule has 0 bridgehead atoms. The summed E-state index contributed by atoms with van der Waals surface area (Å²) in [6.45, 7) is 0. The fraction of sp³-hybridized carbons (Fsp3) is 0. The second-order valence-electron chi connectivity index (χ2n) is 6.54. The number of hydrogen-bond acceptors (Lipinski definition) is 3. The predicted molar refractivity (Wildman–Crippen MR) is 107 cm³/mol. The SMILES string of the molecule is c1ccc2c(c1)ccc1nc3c(cc12)c1cccnc1c1ncccc31. The quantitative estimate of drug-likeness (QED) is 0.267. The van der Waals surface area contributed by atoms with Crippen molar-refractivity contribution in [1.82, 2.24) is 15.0 Å². The molecule has 3 nitrogen and oxygen atoms in total.